The quantitative estimate of drug-likeness (QED) is 0.465. The van der Waals surface area contributed by atoms with Crippen LogP contribution < -0.4 is 5.32 Å². The van der Waals surface area contributed by atoms with Crippen LogP contribution in [0.3, 0.4) is 0 Å². The van der Waals surface area contributed by atoms with Gasteiger partial charge in [0.1, 0.15) is 0 Å². The summed E-state index contributed by atoms with van der Waals surface area (Å²) in [7, 11) is 0. The molecule has 1 heterocycles. The average molecular weight is 410 g/mol. The molecule has 0 spiro atoms. The van der Waals surface area contributed by atoms with E-state index >= 15 is 0 Å². The van der Waals surface area contributed by atoms with E-state index in [1.54, 1.807) is 0 Å². The predicted octanol–water partition coefficient (Wildman–Crippen LogP) is 5.38. The van der Waals surface area contributed by atoms with Gasteiger partial charge in [0.25, 0.3) is 5.91 Å². The molecular weight excluding hydrogens is 382 g/mol. The van der Waals surface area contributed by atoms with Gasteiger partial charge in [0.15, 0.2) is 0 Å². The van der Waals surface area contributed by atoms with Gasteiger partial charge >= 0.3 is 0 Å². The Morgan fingerprint density at radius 1 is 0.871 bits per heavy atom. The van der Waals surface area contributed by atoms with Gasteiger partial charge in [-0.25, -0.2) is 0 Å². The van der Waals surface area contributed by atoms with Crippen LogP contribution >= 0.6 is 0 Å². The molecule has 0 fully saturated rings. The molecule has 0 radical (unpaired) electrons. The summed E-state index contributed by atoms with van der Waals surface area (Å²) in [5, 5.41) is 7.73. The first-order chi connectivity index (χ1) is 15.0. The first kappa shape index (κ1) is 20.6. The molecule has 0 aliphatic carbocycles. The summed E-state index contributed by atoms with van der Waals surface area (Å²) in [4.78, 5) is 13.1. The van der Waals surface area contributed by atoms with Gasteiger partial charge in [0, 0.05) is 11.3 Å². The number of benzene rings is 3. The van der Waals surface area contributed by atoms with Crippen LogP contribution in [0.15, 0.2) is 84.9 Å². The Balaban J connectivity index is 1.54. The van der Waals surface area contributed by atoms with Crippen molar-refractivity contribution in [2.24, 2.45) is 0 Å². The monoisotopic (exact) mass is 409 g/mol. The largest absolute Gasteiger partial charge is 0.341 e. The van der Waals surface area contributed by atoms with Crippen LogP contribution in [-0.4, -0.2) is 15.7 Å². The lowest BCUT2D eigenvalue weighted by molar-refractivity contribution is 0.0943. The van der Waals surface area contributed by atoms with Gasteiger partial charge in [-0.1, -0.05) is 72.3 Å². The van der Waals surface area contributed by atoms with Crippen molar-refractivity contribution in [2.75, 3.05) is 0 Å². The summed E-state index contributed by atoms with van der Waals surface area (Å²) >= 11 is 0. The Morgan fingerprint density at radius 3 is 2.23 bits per heavy atom. The van der Waals surface area contributed by atoms with Crippen molar-refractivity contribution in [1.82, 2.24) is 15.1 Å². The molecule has 1 aromatic heterocycles. The zero-order valence-corrected chi connectivity index (χ0v) is 18.2. The number of carbonyl (C=O) groups excluding carboxylic acids is 1. The lowest BCUT2D eigenvalue weighted by atomic mass is 9.97. The van der Waals surface area contributed by atoms with E-state index in [0.717, 1.165) is 28.1 Å². The summed E-state index contributed by atoms with van der Waals surface area (Å²) in [6, 6.07) is 28.0. The molecule has 0 saturated carbocycles. The van der Waals surface area contributed by atoms with Crippen molar-refractivity contribution in [1.29, 1.82) is 0 Å². The summed E-state index contributed by atoms with van der Waals surface area (Å²) in [6.45, 7) is 6.80. The minimum atomic E-state index is -0.206. The van der Waals surface area contributed by atoms with E-state index in [-0.39, 0.29) is 11.9 Å². The normalized spacial score (nSPS) is 11.8. The molecule has 156 valence electrons. The zero-order chi connectivity index (χ0) is 21.8. The lowest BCUT2D eigenvalue weighted by Crippen LogP contribution is -2.29. The Kier molecular flexibility index (Phi) is 5.99. The molecular formula is C27H27N3O. The lowest BCUT2D eigenvalue weighted by Gasteiger charge is -2.20. The highest BCUT2D eigenvalue weighted by Gasteiger charge is 2.18. The Hall–Kier alpha value is -3.66. The van der Waals surface area contributed by atoms with E-state index in [1.807, 2.05) is 72.3 Å². The average Bonchev–Trinajstić information content (AvgIpc) is 3.09. The van der Waals surface area contributed by atoms with E-state index in [1.165, 1.54) is 5.56 Å². The number of hydrogen-bond donors (Lipinski definition) is 1. The summed E-state index contributed by atoms with van der Waals surface area (Å²) in [5.41, 5.74) is 7.19. The van der Waals surface area contributed by atoms with E-state index in [4.69, 9.17) is 0 Å². The van der Waals surface area contributed by atoms with Crippen LogP contribution in [0, 0.1) is 20.8 Å². The number of carbonyl (C=O) groups is 1. The molecule has 4 rings (SSSR count). The predicted molar refractivity (Wildman–Crippen MR) is 124 cm³/mol. The molecule has 0 aliphatic heterocycles. The first-order valence-corrected chi connectivity index (χ1v) is 10.5. The summed E-state index contributed by atoms with van der Waals surface area (Å²) in [6.07, 6.45) is 0. The number of aryl methyl sites for hydroxylation is 3. The number of hydrogen-bond acceptors (Lipinski definition) is 2. The second-order valence-corrected chi connectivity index (χ2v) is 8.01. The molecule has 0 aliphatic rings. The van der Waals surface area contributed by atoms with E-state index < -0.39 is 0 Å². The van der Waals surface area contributed by atoms with Crippen molar-refractivity contribution in [3.05, 3.63) is 124 Å². The smallest absolute Gasteiger partial charge is 0.252 e. The third-order valence-corrected chi connectivity index (χ3v) is 5.44. The fourth-order valence-corrected chi connectivity index (χ4v) is 3.84. The van der Waals surface area contributed by atoms with Crippen LogP contribution in [0.25, 0.3) is 0 Å². The highest BCUT2D eigenvalue weighted by Crippen LogP contribution is 2.23. The van der Waals surface area contributed by atoms with Gasteiger partial charge in [-0.15, -0.1) is 0 Å². The minimum absolute atomic E-state index is 0.0898. The van der Waals surface area contributed by atoms with Gasteiger partial charge in [0.2, 0.25) is 0 Å². The fourth-order valence-electron chi connectivity index (χ4n) is 3.84. The molecule has 1 unspecified atom stereocenters. The maximum atomic E-state index is 13.1. The van der Waals surface area contributed by atoms with Gasteiger partial charge in [0.05, 0.1) is 18.3 Å². The van der Waals surface area contributed by atoms with Crippen LogP contribution in [0.4, 0.5) is 0 Å². The maximum absolute atomic E-state index is 13.1. The molecule has 4 heteroatoms. The van der Waals surface area contributed by atoms with Gasteiger partial charge in [-0.3, -0.25) is 9.48 Å². The minimum Gasteiger partial charge on any atom is -0.341 e. The molecule has 0 bridgehead atoms. The fraction of sp³-hybridized carbons (Fsp3) is 0.185. The maximum Gasteiger partial charge on any atom is 0.252 e. The Morgan fingerprint density at radius 2 is 1.58 bits per heavy atom. The van der Waals surface area contributed by atoms with Crippen LogP contribution in [0.2, 0.25) is 0 Å². The standard InChI is InChI=1S/C27H27N3O/c1-19-8-7-11-25(16-19)26(23-9-5-4-6-10-23)28-27(31)24-14-12-22(13-15-24)18-30-21(3)17-20(2)29-30/h4-17,26H,18H2,1-3H3,(H,28,31). The SMILES string of the molecule is Cc1cccc(C(NC(=O)c2ccc(Cn3nc(C)cc3C)cc2)c2ccccc2)c1. The van der Waals surface area contributed by atoms with Crippen molar-refractivity contribution in [3.8, 4) is 0 Å². The second kappa shape index (κ2) is 9.00. The van der Waals surface area contributed by atoms with Gasteiger partial charge in [-0.05, 0) is 55.7 Å². The van der Waals surface area contributed by atoms with Crippen LogP contribution in [0.1, 0.15) is 50.0 Å². The van der Waals surface area contributed by atoms with Gasteiger partial charge < -0.3 is 5.32 Å². The van der Waals surface area contributed by atoms with E-state index in [9.17, 15) is 4.79 Å². The summed E-state index contributed by atoms with van der Waals surface area (Å²) < 4.78 is 1.98. The van der Waals surface area contributed by atoms with Crippen molar-refractivity contribution >= 4 is 5.91 Å². The second-order valence-electron chi connectivity index (χ2n) is 8.01. The molecule has 1 N–H and O–H groups in total. The number of aromatic nitrogens is 2. The highest BCUT2D eigenvalue weighted by molar-refractivity contribution is 5.94. The number of amides is 1. The molecule has 31 heavy (non-hydrogen) atoms. The number of nitrogens with zero attached hydrogens (tertiary/aromatic N) is 2. The number of nitrogens with one attached hydrogen (secondary N) is 1. The first-order valence-electron chi connectivity index (χ1n) is 10.5. The third-order valence-electron chi connectivity index (χ3n) is 5.44. The van der Waals surface area contributed by atoms with Crippen LogP contribution in [0.5, 0.6) is 0 Å². The van der Waals surface area contributed by atoms with Crippen molar-refractivity contribution in [3.63, 3.8) is 0 Å². The molecule has 1 amide bonds. The molecule has 4 aromatic rings. The van der Waals surface area contributed by atoms with E-state index in [2.05, 4.69) is 48.5 Å². The Bertz CT molecular complexity index is 1180. The zero-order valence-electron chi connectivity index (χ0n) is 18.2. The number of rotatable bonds is 6. The highest BCUT2D eigenvalue weighted by atomic mass is 16.1. The summed E-state index contributed by atoms with van der Waals surface area (Å²) in [5.74, 6) is -0.0898. The Labute approximate surface area is 183 Å². The molecule has 0 saturated heterocycles. The van der Waals surface area contributed by atoms with Crippen molar-refractivity contribution < 1.29 is 4.79 Å². The third kappa shape index (κ3) is 4.92. The van der Waals surface area contributed by atoms with Crippen molar-refractivity contribution in [2.45, 2.75) is 33.4 Å². The van der Waals surface area contributed by atoms with E-state index in [0.29, 0.717) is 12.1 Å². The topological polar surface area (TPSA) is 46.9 Å². The van der Waals surface area contributed by atoms with Crippen LogP contribution in [-0.2, 0) is 6.54 Å². The molecule has 1 atom stereocenters. The van der Waals surface area contributed by atoms with Gasteiger partial charge in [-0.2, -0.15) is 5.10 Å². The molecule has 4 nitrogen and oxygen atoms in total. The molecule has 3 aromatic carbocycles.